The van der Waals surface area contributed by atoms with Gasteiger partial charge in [-0.05, 0) is 38.0 Å². The molecular formula is C20H21NO5. The summed E-state index contributed by atoms with van der Waals surface area (Å²) in [5.41, 5.74) is 1.62. The fourth-order valence-electron chi connectivity index (χ4n) is 3.18. The van der Waals surface area contributed by atoms with E-state index in [1.165, 1.54) is 25.5 Å². The monoisotopic (exact) mass is 355 g/mol. The van der Waals surface area contributed by atoms with E-state index < -0.39 is 0 Å². The Hall–Kier alpha value is -2.89. The van der Waals surface area contributed by atoms with Crippen LogP contribution in [-0.4, -0.2) is 37.0 Å². The number of rotatable bonds is 3. The molecule has 0 aliphatic carbocycles. The lowest BCUT2D eigenvalue weighted by Crippen LogP contribution is -2.41. The molecule has 0 bridgehead atoms. The minimum Gasteiger partial charge on any atom is -0.469 e. The van der Waals surface area contributed by atoms with Crippen molar-refractivity contribution >= 4 is 28.9 Å². The van der Waals surface area contributed by atoms with E-state index in [9.17, 15) is 14.4 Å². The third-order valence-electron chi connectivity index (χ3n) is 4.63. The van der Waals surface area contributed by atoms with Gasteiger partial charge in [-0.3, -0.25) is 14.4 Å². The molecule has 1 aromatic carbocycles. The molecule has 1 saturated heterocycles. The number of fused-ring (bicyclic) bond motifs is 1. The number of aryl methyl sites for hydroxylation is 1. The van der Waals surface area contributed by atoms with Crippen molar-refractivity contribution < 1.29 is 18.7 Å². The Morgan fingerprint density at radius 3 is 2.92 bits per heavy atom. The van der Waals surface area contributed by atoms with Crippen LogP contribution in [0.5, 0.6) is 0 Å². The van der Waals surface area contributed by atoms with Crippen LogP contribution in [-0.2, 0) is 14.3 Å². The van der Waals surface area contributed by atoms with Crippen LogP contribution in [0, 0.1) is 12.8 Å². The highest BCUT2D eigenvalue weighted by Crippen LogP contribution is 2.18. The predicted octanol–water partition coefficient (Wildman–Crippen LogP) is 2.53. The number of nitrogens with zero attached hydrogens (tertiary/aromatic N) is 1. The summed E-state index contributed by atoms with van der Waals surface area (Å²) in [7, 11) is 1.35. The van der Waals surface area contributed by atoms with E-state index in [4.69, 9.17) is 9.15 Å². The molecule has 1 unspecified atom stereocenters. The lowest BCUT2D eigenvalue weighted by molar-refractivity contribution is -0.148. The highest BCUT2D eigenvalue weighted by atomic mass is 16.5. The number of likely N-dealkylation sites (tertiary alicyclic amines) is 1. The summed E-state index contributed by atoms with van der Waals surface area (Å²) in [5.74, 6) is -0.820. The molecule has 0 saturated carbocycles. The third-order valence-corrected chi connectivity index (χ3v) is 4.63. The van der Waals surface area contributed by atoms with Crippen molar-refractivity contribution in [2.45, 2.75) is 19.8 Å². The topological polar surface area (TPSA) is 76.8 Å². The normalized spacial score (nSPS) is 17.6. The number of methoxy groups -OCH3 is 1. The molecule has 3 rings (SSSR count). The van der Waals surface area contributed by atoms with Crippen molar-refractivity contribution in [2.24, 2.45) is 5.92 Å². The molecule has 26 heavy (non-hydrogen) atoms. The van der Waals surface area contributed by atoms with E-state index in [1.807, 2.05) is 13.0 Å². The molecule has 0 spiro atoms. The summed E-state index contributed by atoms with van der Waals surface area (Å²) in [5, 5.41) is 0.489. The first-order valence-corrected chi connectivity index (χ1v) is 8.56. The van der Waals surface area contributed by atoms with Crippen molar-refractivity contribution in [3.63, 3.8) is 0 Å². The maximum absolute atomic E-state index is 12.6. The highest BCUT2D eigenvalue weighted by Gasteiger charge is 2.28. The van der Waals surface area contributed by atoms with Crippen molar-refractivity contribution in [1.82, 2.24) is 4.90 Å². The maximum Gasteiger partial charge on any atom is 0.310 e. The van der Waals surface area contributed by atoms with Gasteiger partial charge in [0.2, 0.25) is 5.91 Å². The number of ether oxygens (including phenoxy) is 1. The number of amides is 1. The fraction of sp³-hybridized carbons (Fsp3) is 0.350. The molecular weight excluding hydrogens is 334 g/mol. The second-order valence-electron chi connectivity index (χ2n) is 6.50. The summed E-state index contributed by atoms with van der Waals surface area (Å²) in [6.07, 6.45) is 5.65. The number of piperidine rings is 1. The van der Waals surface area contributed by atoms with Crippen LogP contribution >= 0.6 is 0 Å². The molecule has 1 fully saturated rings. The summed E-state index contributed by atoms with van der Waals surface area (Å²) in [6.45, 7) is 2.82. The molecule has 0 N–H and O–H groups in total. The van der Waals surface area contributed by atoms with Gasteiger partial charge in [0.15, 0.2) is 5.43 Å². The second-order valence-corrected chi connectivity index (χ2v) is 6.50. The van der Waals surface area contributed by atoms with Crippen LogP contribution in [0.1, 0.15) is 24.0 Å². The second kappa shape index (κ2) is 7.56. The van der Waals surface area contributed by atoms with Crippen LogP contribution in [0.4, 0.5) is 0 Å². The molecule has 1 atom stereocenters. The first kappa shape index (κ1) is 17.9. The van der Waals surface area contributed by atoms with Crippen molar-refractivity contribution in [1.29, 1.82) is 0 Å². The average Bonchev–Trinajstić information content (AvgIpc) is 2.67. The zero-order valence-corrected chi connectivity index (χ0v) is 14.9. The van der Waals surface area contributed by atoms with Crippen LogP contribution in [0.3, 0.4) is 0 Å². The van der Waals surface area contributed by atoms with E-state index in [0.29, 0.717) is 36.0 Å². The molecule has 1 aromatic heterocycles. The number of hydrogen-bond acceptors (Lipinski definition) is 5. The first-order chi connectivity index (χ1) is 12.5. The Labute approximate surface area is 151 Å². The third kappa shape index (κ3) is 3.69. The Morgan fingerprint density at radius 2 is 2.15 bits per heavy atom. The Morgan fingerprint density at radius 1 is 1.35 bits per heavy atom. The Kier molecular flexibility index (Phi) is 5.21. The molecule has 6 heteroatoms. The zero-order chi connectivity index (χ0) is 18.7. The molecule has 1 aliphatic rings. The van der Waals surface area contributed by atoms with Crippen molar-refractivity contribution in [3.05, 3.63) is 51.9 Å². The molecule has 0 radical (unpaired) electrons. The van der Waals surface area contributed by atoms with Gasteiger partial charge in [0.25, 0.3) is 0 Å². The average molecular weight is 355 g/mol. The fourth-order valence-corrected chi connectivity index (χ4v) is 3.18. The summed E-state index contributed by atoms with van der Waals surface area (Å²) >= 11 is 0. The van der Waals surface area contributed by atoms with Crippen LogP contribution in [0.25, 0.3) is 17.0 Å². The molecule has 2 heterocycles. The van der Waals surface area contributed by atoms with Gasteiger partial charge in [-0.15, -0.1) is 0 Å². The van der Waals surface area contributed by atoms with Gasteiger partial charge in [-0.2, -0.15) is 0 Å². The molecule has 6 nitrogen and oxygen atoms in total. The van der Waals surface area contributed by atoms with Gasteiger partial charge in [-0.25, -0.2) is 0 Å². The minimum atomic E-state index is -0.294. The largest absolute Gasteiger partial charge is 0.469 e. The Bertz CT molecular complexity index is 927. The SMILES string of the molecule is COC(=O)C1CCCN(C(=O)/C=C/c2coc3ccc(C)cc3c2=O)C1. The minimum absolute atomic E-state index is 0.176. The van der Waals surface area contributed by atoms with E-state index in [-0.39, 0.29) is 23.2 Å². The molecule has 136 valence electrons. The number of carbonyl (C=O) groups excluding carboxylic acids is 2. The maximum atomic E-state index is 12.6. The molecule has 2 aromatic rings. The summed E-state index contributed by atoms with van der Waals surface area (Å²) in [4.78, 5) is 38.2. The van der Waals surface area contributed by atoms with E-state index in [0.717, 1.165) is 12.0 Å². The lowest BCUT2D eigenvalue weighted by Gasteiger charge is -2.30. The highest BCUT2D eigenvalue weighted by molar-refractivity contribution is 5.92. The van der Waals surface area contributed by atoms with Gasteiger partial charge in [-0.1, -0.05) is 11.6 Å². The zero-order valence-electron chi connectivity index (χ0n) is 14.9. The van der Waals surface area contributed by atoms with E-state index in [1.54, 1.807) is 17.0 Å². The quantitative estimate of drug-likeness (QED) is 0.625. The van der Waals surface area contributed by atoms with E-state index in [2.05, 4.69) is 0 Å². The summed E-state index contributed by atoms with van der Waals surface area (Å²) < 4.78 is 10.2. The van der Waals surface area contributed by atoms with Crippen LogP contribution < -0.4 is 5.43 Å². The summed E-state index contributed by atoms with van der Waals surface area (Å²) in [6, 6.07) is 5.40. The van der Waals surface area contributed by atoms with Gasteiger partial charge in [0.1, 0.15) is 11.8 Å². The lowest BCUT2D eigenvalue weighted by atomic mass is 9.98. The van der Waals surface area contributed by atoms with Crippen molar-refractivity contribution in [3.8, 4) is 0 Å². The van der Waals surface area contributed by atoms with Gasteiger partial charge in [0.05, 0.1) is 24.0 Å². The number of esters is 1. The first-order valence-electron chi connectivity index (χ1n) is 8.56. The van der Waals surface area contributed by atoms with E-state index >= 15 is 0 Å². The molecule has 1 aliphatic heterocycles. The predicted molar refractivity (Wildman–Crippen MR) is 97.6 cm³/mol. The number of carbonyl (C=O) groups is 2. The Balaban J connectivity index is 1.78. The number of benzene rings is 1. The van der Waals surface area contributed by atoms with Gasteiger partial charge in [0, 0.05) is 19.2 Å². The van der Waals surface area contributed by atoms with Crippen molar-refractivity contribution in [2.75, 3.05) is 20.2 Å². The van der Waals surface area contributed by atoms with Gasteiger partial charge >= 0.3 is 5.97 Å². The smallest absolute Gasteiger partial charge is 0.310 e. The van der Waals surface area contributed by atoms with Crippen LogP contribution in [0.15, 0.2) is 39.7 Å². The van der Waals surface area contributed by atoms with Gasteiger partial charge < -0.3 is 14.1 Å². The standard InChI is InChI=1S/C20H21NO5/c1-13-5-7-17-16(10-13)19(23)15(12-26-17)6-8-18(22)21-9-3-4-14(11-21)20(24)25-2/h5-8,10,12,14H,3-4,9,11H2,1-2H3/b8-6+. The van der Waals surface area contributed by atoms with Crippen LogP contribution in [0.2, 0.25) is 0 Å². The molecule has 1 amide bonds. The number of hydrogen-bond donors (Lipinski definition) is 0.